The van der Waals surface area contributed by atoms with Gasteiger partial charge < -0.3 is 5.32 Å². The molecule has 0 atom stereocenters. The van der Waals surface area contributed by atoms with Crippen molar-refractivity contribution in [3.63, 3.8) is 0 Å². The molecular formula is C19H22N2O3S. The maximum atomic E-state index is 12.1. The van der Waals surface area contributed by atoms with Gasteiger partial charge in [0.2, 0.25) is 0 Å². The van der Waals surface area contributed by atoms with E-state index in [1.165, 1.54) is 6.08 Å². The number of rotatable bonds is 5. The fraction of sp³-hybridized carbons (Fsp3) is 0.211. The first-order chi connectivity index (χ1) is 11.6. The van der Waals surface area contributed by atoms with Gasteiger partial charge in [-0.05, 0) is 56.7 Å². The van der Waals surface area contributed by atoms with Crippen molar-refractivity contribution in [1.29, 1.82) is 0 Å². The van der Waals surface area contributed by atoms with Crippen molar-refractivity contribution < 1.29 is 13.2 Å². The molecule has 6 heteroatoms. The minimum absolute atomic E-state index is 0.203. The second kappa shape index (κ2) is 7.53. The van der Waals surface area contributed by atoms with Crippen LogP contribution in [0.5, 0.6) is 0 Å². The smallest absolute Gasteiger partial charge is 0.255 e. The topological polar surface area (TPSA) is 75.3 Å². The summed E-state index contributed by atoms with van der Waals surface area (Å²) >= 11 is 0. The average Bonchev–Trinajstić information content (AvgIpc) is 2.53. The molecule has 0 spiro atoms. The van der Waals surface area contributed by atoms with E-state index in [4.69, 9.17) is 0 Å². The number of hydrogen-bond acceptors (Lipinski definition) is 3. The van der Waals surface area contributed by atoms with Crippen LogP contribution in [0.3, 0.4) is 0 Å². The minimum atomic E-state index is -3.63. The van der Waals surface area contributed by atoms with Gasteiger partial charge in [-0.1, -0.05) is 30.3 Å². The molecule has 2 rings (SSSR count). The first kappa shape index (κ1) is 18.7. The van der Waals surface area contributed by atoms with E-state index in [1.807, 2.05) is 51.1 Å². The van der Waals surface area contributed by atoms with Crippen molar-refractivity contribution in [2.24, 2.45) is 0 Å². The van der Waals surface area contributed by atoms with E-state index in [0.717, 1.165) is 11.0 Å². The van der Waals surface area contributed by atoms with E-state index >= 15 is 0 Å². The van der Waals surface area contributed by atoms with Crippen LogP contribution in [0.25, 0.3) is 6.08 Å². The van der Waals surface area contributed by atoms with Gasteiger partial charge in [0.15, 0.2) is 0 Å². The molecule has 2 N–H and O–H groups in total. The first-order valence-corrected chi connectivity index (χ1v) is 9.38. The molecule has 0 aliphatic carbocycles. The molecule has 5 nitrogen and oxygen atoms in total. The lowest BCUT2D eigenvalue weighted by molar-refractivity contribution is 0.0919. The average molecular weight is 358 g/mol. The third-order valence-corrected chi connectivity index (χ3v) is 4.15. The number of carbonyl (C=O) groups is 1. The van der Waals surface area contributed by atoms with Crippen LogP contribution in [0.4, 0.5) is 5.69 Å². The second-order valence-electron chi connectivity index (χ2n) is 6.64. The number of carbonyl (C=O) groups excluding carboxylic acids is 1. The van der Waals surface area contributed by atoms with Crippen molar-refractivity contribution >= 4 is 27.7 Å². The molecule has 0 aliphatic rings. The van der Waals surface area contributed by atoms with Crippen molar-refractivity contribution in [1.82, 2.24) is 5.32 Å². The van der Waals surface area contributed by atoms with Gasteiger partial charge in [0.25, 0.3) is 15.9 Å². The number of nitrogens with one attached hydrogen (secondary N) is 2. The summed E-state index contributed by atoms with van der Waals surface area (Å²) in [7, 11) is -3.63. The van der Waals surface area contributed by atoms with Crippen molar-refractivity contribution in [2.75, 3.05) is 4.72 Å². The van der Waals surface area contributed by atoms with Crippen molar-refractivity contribution in [3.8, 4) is 0 Å². The zero-order chi connectivity index (χ0) is 18.5. The zero-order valence-corrected chi connectivity index (χ0v) is 15.3. The summed E-state index contributed by atoms with van der Waals surface area (Å²) in [6, 6.07) is 15.4. The monoisotopic (exact) mass is 358 g/mol. The molecule has 0 fully saturated rings. The highest BCUT2D eigenvalue weighted by atomic mass is 32.2. The molecule has 2 aromatic carbocycles. The molecule has 25 heavy (non-hydrogen) atoms. The molecule has 0 heterocycles. The summed E-state index contributed by atoms with van der Waals surface area (Å²) in [5.41, 5.74) is 1.32. The lowest BCUT2D eigenvalue weighted by atomic mass is 10.1. The number of benzene rings is 2. The summed E-state index contributed by atoms with van der Waals surface area (Å²) in [6.07, 6.45) is 1.52. The Bertz CT molecular complexity index is 850. The zero-order valence-electron chi connectivity index (χ0n) is 14.5. The van der Waals surface area contributed by atoms with E-state index < -0.39 is 10.0 Å². The Morgan fingerprint density at radius 1 is 0.960 bits per heavy atom. The van der Waals surface area contributed by atoms with Gasteiger partial charge in [0, 0.05) is 16.8 Å². The first-order valence-electron chi connectivity index (χ1n) is 7.83. The van der Waals surface area contributed by atoms with Crippen LogP contribution in [-0.2, 0) is 10.0 Å². The van der Waals surface area contributed by atoms with Gasteiger partial charge in [-0.3, -0.25) is 9.52 Å². The maximum absolute atomic E-state index is 12.1. The summed E-state index contributed by atoms with van der Waals surface area (Å²) in [5, 5.41) is 3.97. The van der Waals surface area contributed by atoms with Crippen LogP contribution in [0.1, 0.15) is 36.7 Å². The standard InChI is InChI=1S/C19H22N2O3S/c1-19(2,3)20-18(22)16-9-11-17(12-10-16)21-25(23,24)14-13-15-7-5-4-6-8-15/h4-14,21H,1-3H3,(H,20,22)/b14-13+. The van der Waals surface area contributed by atoms with Crippen LogP contribution >= 0.6 is 0 Å². The highest BCUT2D eigenvalue weighted by Gasteiger charge is 2.15. The van der Waals surface area contributed by atoms with Crippen molar-refractivity contribution in [2.45, 2.75) is 26.3 Å². The largest absolute Gasteiger partial charge is 0.347 e. The van der Waals surface area contributed by atoms with Crippen LogP contribution in [0.15, 0.2) is 60.0 Å². The molecular weight excluding hydrogens is 336 g/mol. The van der Waals surface area contributed by atoms with Crippen LogP contribution in [-0.4, -0.2) is 19.9 Å². The Morgan fingerprint density at radius 2 is 1.56 bits per heavy atom. The Labute approximate surface area is 148 Å². The van der Waals surface area contributed by atoms with Crippen LogP contribution in [0, 0.1) is 0 Å². The fourth-order valence-electron chi connectivity index (χ4n) is 2.03. The second-order valence-corrected chi connectivity index (χ2v) is 8.21. The van der Waals surface area contributed by atoms with E-state index in [0.29, 0.717) is 11.3 Å². The predicted molar refractivity (Wildman–Crippen MR) is 102 cm³/mol. The molecule has 0 saturated carbocycles. The molecule has 0 unspecified atom stereocenters. The van der Waals surface area contributed by atoms with E-state index in [-0.39, 0.29) is 11.4 Å². The predicted octanol–water partition coefficient (Wildman–Crippen LogP) is 3.63. The summed E-state index contributed by atoms with van der Waals surface area (Å²) in [4.78, 5) is 12.1. The van der Waals surface area contributed by atoms with Gasteiger partial charge in [-0.2, -0.15) is 0 Å². The quantitative estimate of drug-likeness (QED) is 0.857. The molecule has 0 aliphatic heterocycles. The lowest BCUT2D eigenvalue weighted by Crippen LogP contribution is -2.40. The highest BCUT2D eigenvalue weighted by Crippen LogP contribution is 2.14. The van der Waals surface area contributed by atoms with Gasteiger partial charge >= 0.3 is 0 Å². The van der Waals surface area contributed by atoms with Gasteiger partial charge in [0.1, 0.15) is 0 Å². The molecule has 0 bridgehead atoms. The normalized spacial score (nSPS) is 12.1. The highest BCUT2D eigenvalue weighted by molar-refractivity contribution is 7.95. The Kier molecular flexibility index (Phi) is 5.64. The van der Waals surface area contributed by atoms with Crippen LogP contribution < -0.4 is 10.0 Å². The third kappa shape index (κ3) is 6.43. The third-order valence-electron chi connectivity index (χ3n) is 3.13. The number of sulfonamides is 1. The molecule has 132 valence electrons. The number of amides is 1. The summed E-state index contributed by atoms with van der Waals surface area (Å²) in [6.45, 7) is 5.69. The van der Waals surface area contributed by atoms with E-state index in [9.17, 15) is 13.2 Å². The molecule has 0 aromatic heterocycles. The van der Waals surface area contributed by atoms with E-state index in [2.05, 4.69) is 10.0 Å². The van der Waals surface area contributed by atoms with E-state index in [1.54, 1.807) is 24.3 Å². The van der Waals surface area contributed by atoms with Gasteiger partial charge in [-0.15, -0.1) is 0 Å². The molecule has 1 amide bonds. The number of hydrogen-bond donors (Lipinski definition) is 2. The Balaban J connectivity index is 2.05. The molecule has 2 aromatic rings. The Morgan fingerprint density at radius 3 is 2.12 bits per heavy atom. The maximum Gasteiger partial charge on any atom is 0.255 e. The summed E-state index contributed by atoms with van der Waals surface area (Å²) < 4.78 is 26.7. The molecule has 0 radical (unpaired) electrons. The Hall–Kier alpha value is -2.60. The van der Waals surface area contributed by atoms with Crippen LogP contribution in [0.2, 0.25) is 0 Å². The lowest BCUT2D eigenvalue weighted by Gasteiger charge is -2.20. The van der Waals surface area contributed by atoms with Gasteiger partial charge in [-0.25, -0.2) is 8.42 Å². The fourth-order valence-corrected chi connectivity index (χ4v) is 2.90. The van der Waals surface area contributed by atoms with Gasteiger partial charge in [0.05, 0.1) is 5.41 Å². The van der Waals surface area contributed by atoms with Crippen molar-refractivity contribution in [3.05, 3.63) is 71.1 Å². The number of anilines is 1. The summed E-state index contributed by atoms with van der Waals surface area (Å²) in [5.74, 6) is -0.203. The molecule has 0 saturated heterocycles. The SMILES string of the molecule is CC(C)(C)NC(=O)c1ccc(NS(=O)(=O)/C=C/c2ccccc2)cc1. The minimum Gasteiger partial charge on any atom is -0.347 e.